The zero-order valence-corrected chi connectivity index (χ0v) is 18.5. The maximum absolute atomic E-state index is 12.8. The van der Waals surface area contributed by atoms with Gasteiger partial charge < -0.3 is 15.0 Å². The Morgan fingerprint density at radius 2 is 1.75 bits per heavy atom. The molecule has 32 heavy (non-hydrogen) atoms. The Kier molecular flexibility index (Phi) is 6.40. The summed E-state index contributed by atoms with van der Waals surface area (Å²) in [6, 6.07) is 13.4. The molecule has 2 aliphatic heterocycles. The Hall–Kier alpha value is -3.01. The summed E-state index contributed by atoms with van der Waals surface area (Å²) in [6.07, 6.45) is 3.64. The predicted octanol–water partition coefficient (Wildman–Crippen LogP) is 2.61. The van der Waals surface area contributed by atoms with Crippen molar-refractivity contribution < 1.29 is 22.7 Å². The second-order valence-electron chi connectivity index (χ2n) is 7.68. The topological polar surface area (TPSA) is 96.0 Å². The van der Waals surface area contributed by atoms with Crippen LogP contribution in [0.5, 0.6) is 0 Å². The monoisotopic (exact) mass is 455 g/mol. The Morgan fingerprint density at radius 1 is 1.06 bits per heavy atom. The molecule has 1 N–H and O–H groups in total. The Balaban J connectivity index is 1.46. The summed E-state index contributed by atoms with van der Waals surface area (Å²) < 4.78 is 32.1. The lowest BCUT2D eigenvalue weighted by Crippen LogP contribution is -2.40. The van der Waals surface area contributed by atoms with Crippen LogP contribution in [0.4, 0.5) is 5.69 Å². The largest absolute Gasteiger partial charge is 0.379 e. The van der Waals surface area contributed by atoms with Crippen LogP contribution < -0.4 is 5.32 Å². The number of hydrogen-bond acceptors (Lipinski definition) is 5. The summed E-state index contributed by atoms with van der Waals surface area (Å²) in [5, 5.41) is 2.81. The lowest BCUT2D eigenvalue weighted by Gasteiger charge is -2.32. The van der Waals surface area contributed by atoms with Gasteiger partial charge in [-0.05, 0) is 41.5 Å². The molecule has 1 fully saturated rings. The summed E-state index contributed by atoms with van der Waals surface area (Å²) in [7, 11) is -3.59. The molecule has 8 nitrogen and oxygen atoms in total. The molecule has 2 amide bonds. The maximum Gasteiger partial charge on any atom is 0.243 e. The van der Waals surface area contributed by atoms with Gasteiger partial charge in [0.2, 0.25) is 21.8 Å². The van der Waals surface area contributed by atoms with Crippen LogP contribution in [0.15, 0.2) is 59.6 Å². The molecule has 2 heterocycles. The number of carbonyl (C=O) groups excluding carboxylic acids is 2. The maximum atomic E-state index is 12.8. The number of morpholine rings is 1. The standard InChI is InChI=1S/C23H25N3O5S/c1-17(27)26-11-10-18-4-2-3-5-21(18)22(26)16-23(28)24-19-6-8-20(9-7-19)32(29,30)25-12-14-31-15-13-25/h2-11,22H,12-16H2,1H3,(H,24,28)/t22-/m1/s1. The van der Waals surface area contributed by atoms with Gasteiger partial charge in [-0.1, -0.05) is 24.3 Å². The predicted molar refractivity (Wildman–Crippen MR) is 120 cm³/mol. The number of nitrogens with zero attached hydrogens (tertiary/aromatic N) is 2. The van der Waals surface area contributed by atoms with Crippen molar-refractivity contribution in [2.45, 2.75) is 24.3 Å². The third kappa shape index (κ3) is 4.59. The van der Waals surface area contributed by atoms with Crippen LogP contribution in [-0.2, 0) is 24.3 Å². The number of amides is 2. The highest BCUT2D eigenvalue weighted by molar-refractivity contribution is 7.89. The van der Waals surface area contributed by atoms with Gasteiger partial charge in [0.05, 0.1) is 30.6 Å². The van der Waals surface area contributed by atoms with Crippen molar-refractivity contribution in [2.24, 2.45) is 0 Å². The van der Waals surface area contributed by atoms with E-state index in [-0.39, 0.29) is 23.1 Å². The fourth-order valence-corrected chi connectivity index (χ4v) is 5.36. The van der Waals surface area contributed by atoms with Crippen LogP contribution in [0.25, 0.3) is 6.08 Å². The van der Waals surface area contributed by atoms with Gasteiger partial charge in [-0.2, -0.15) is 4.31 Å². The number of rotatable bonds is 5. The number of anilines is 1. The minimum atomic E-state index is -3.59. The highest BCUT2D eigenvalue weighted by Gasteiger charge is 2.29. The van der Waals surface area contributed by atoms with E-state index < -0.39 is 16.1 Å². The van der Waals surface area contributed by atoms with Gasteiger partial charge in [-0.25, -0.2) is 8.42 Å². The minimum absolute atomic E-state index is 0.0781. The molecule has 0 radical (unpaired) electrons. The van der Waals surface area contributed by atoms with E-state index in [1.165, 1.54) is 23.4 Å². The molecule has 0 aromatic heterocycles. The van der Waals surface area contributed by atoms with Gasteiger partial charge >= 0.3 is 0 Å². The van der Waals surface area contributed by atoms with Gasteiger partial charge in [0.1, 0.15) is 0 Å². The summed E-state index contributed by atoms with van der Waals surface area (Å²) in [6.45, 7) is 2.88. The van der Waals surface area contributed by atoms with Gasteiger partial charge in [0.15, 0.2) is 0 Å². The van der Waals surface area contributed by atoms with Gasteiger partial charge in [0.25, 0.3) is 0 Å². The third-order valence-corrected chi connectivity index (χ3v) is 7.51. The Morgan fingerprint density at radius 3 is 2.44 bits per heavy atom. The van der Waals surface area contributed by atoms with E-state index in [0.29, 0.717) is 32.0 Å². The molecule has 0 bridgehead atoms. The van der Waals surface area contributed by atoms with Crippen molar-refractivity contribution >= 4 is 33.6 Å². The molecule has 0 aliphatic carbocycles. The second kappa shape index (κ2) is 9.23. The van der Waals surface area contributed by atoms with E-state index in [0.717, 1.165) is 11.1 Å². The van der Waals surface area contributed by atoms with E-state index in [1.54, 1.807) is 23.2 Å². The number of carbonyl (C=O) groups is 2. The first-order valence-corrected chi connectivity index (χ1v) is 11.8. The van der Waals surface area contributed by atoms with Crippen LogP contribution in [-0.4, -0.2) is 55.7 Å². The van der Waals surface area contributed by atoms with Crippen molar-refractivity contribution in [1.82, 2.24) is 9.21 Å². The molecule has 2 aliphatic rings. The van der Waals surface area contributed by atoms with Crippen molar-refractivity contribution in [2.75, 3.05) is 31.6 Å². The van der Waals surface area contributed by atoms with Crippen molar-refractivity contribution in [1.29, 1.82) is 0 Å². The smallest absolute Gasteiger partial charge is 0.243 e. The van der Waals surface area contributed by atoms with Crippen LogP contribution in [0.2, 0.25) is 0 Å². The lowest BCUT2D eigenvalue weighted by atomic mass is 9.93. The second-order valence-corrected chi connectivity index (χ2v) is 9.62. The number of ether oxygens (including phenoxy) is 1. The number of hydrogen-bond donors (Lipinski definition) is 1. The third-order valence-electron chi connectivity index (χ3n) is 5.59. The zero-order valence-electron chi connectivity index (χ0n) is 17.7. The Labute approximate surface area is 187 Å². The average molecular weight is 456 g/mol. The van der Waals surface area contributed by atoms with Crippen LogP contribution in [0.1, 0.15) is 30.5 Å². The van der Waals surface area contributed by atoms with E-state index in [4.69, 9.17) is 4.74 Å². The summed E-state index contributed by atoms with van der Waals surface area (Å²) in [4.78, 5) is 26.6. The van der Waals surface area contributed by atoms with Crippen LogP contribution >= 0.6 is 0 Å². The molecule has 0 spiro atoms. The van der Waals surface area contributed by atoms with Crippen molar-refractivity contribution in [3.8, 4) is 0 Å². The summed E-state index contributed by atoms with van der Waals surface area (Å²) in [5.74, 6) is -0.415. The van der Waals surface area contributed by atoms with E-state index in [2.05, 4.69) is 5.32 Å². The molecule has 2 aromatic rings. The van der Waals surface area contributed by atoms with Crippen molar-refractivity contribution in [3.05, 3.63) is 65.9 Å². The fourth-order valence-electron chi connectivity index (χ4n) is 3.95. The molecule has 1 atom stereocenters. The van der Waals surface area contributed by atoms with E-state index >= 15 is 0 Å². The molecule has 0 saturated carbocycles. The molecular weight excluding hydrogens is 430 g/mol. The normalized spacial score (nSPS) is 18.8. The van der Waals surface area contributed by atoms with E-state index in [1.807, 2.05) is 30.3 Å². The Bertz CT molecular complexity index is 1140. The molecule has 1 saturated heterocycles. The number of sulfonamides is 1. The molecule has 4 rings (SSSR count). The SMILES string of the molecule is CC(=O)N1C=Cc2ccccc2[C@H]1CC(=O)Nc1ccc(S(=O)(=O)N2CCOCC2)cc1. The summed E-state index contributed by atoms with van der Waals surface area (Å²) in [5.41, 5.74) is 2.37. The molecule has 168 valence electrons. The average Bonchev–Trinajstić information content (AvgIpc) is 2.80. The van der Waals surface area contributed by atoms with Crippen molar-refractivity contribution in [3.63, 3.8) is 0 Å². The lowest BCUT2D eigenvalue weighted by molar-refractivity contribution is -0.129. The summed E-state index contributed by atoms with van der Waals surface area (Å²) >= 11 is 0. The highest BCUT2D eigenvalue weighted by atomic mass is 32.2. The van der Waals surface area contributed by atoms with Gasteiger partial charge in [0, 0.05) is 31.9 Å². The van der Waals surface area contributed by atoms with Gasteiger partial charge in [-0.15, -0.1) is 0 Å². The number of fused-ring (bicyclic) bond motifs is 1. The first-order valence-electron chi connectivity index (χ1n) is 10.4. The quantitative estimate of drug-likeness (QED) is 0.748. The minimum Gasteiger partial charge on any atom is -0.379 e. The molecule has 2 aromatic carbocycles. The number of nitrogens with one attached hydrogen (secondary N) is 1. The fraction of sp³-hybridized carbons (Fsp3) is 0.304. The first kappa shape index (κ1) is 22.2. The zero-order chi connectivity index (χ0) is 22.7. The van der Waals surface area contributed by atoms with Gasteiger partial charge in [-0.3, -0.25) is 9.59 Å². The number of benzene rings is 2. The first-order chi connectivity index (χ1) is 15.4. The molecule has 9 heteroatoms. The van der Waals surface area contributed by atoms with Crippen LogP contribution in [0, 0.1) is 0 Å². The molecular formula is C23H25N3O5S. The van der Waals surface area contributed by atoms with E-state index in [9.17, 15) is 18.0 Å². The highest BCUT2D eigenvalue weighted by Crippen LogP contribution is 2.33. The van der Waals surface area contributed by atoms with Crippen LogP contribution in [0.3, 0.4) is 0 Å². The molecule has 0 unspecified atom stereocenters.